The topological polar surface area (TPSA) is 49.9 Å². The number of aromatic nitrogens is 1. The molecule has 0 radical (unpaired) electrons. The van der Waals surface area contributed by atoms with Crippen LogP contribution in [0.4, 0.5) is 0 Å². The zero-order valence-electron chi connectivity index (χ0n) is 9.49. The second kappa shape index (κ2) is 5.12. The zero-order chi connectivity index (χ0) is 12.1. The first-order chi connectivity index (χ1) is 8.25. The van der Waals surface area contributed by atoms with Crippen molar-refractivity contribution in [3.63, 3.8) is 0 Å². The summed E-state index contributed by atoms with van der Waals surface area (Å²) in [5.41, 5.74) is 1.90. The van der Waals surface area contributed by atoms with Gasteiger partial charge in [-0.25, -0.2) is 4.73 Å². The smallest absolute Gasteiger partial charge is 0.0888 e. The van der Waals surface area contributed by atoms with Crippen LogP contribution in [-0.2, 0) is 0 Å². The lowest BCUT2D eigenvalue weighted by Crippen LogP contribution is -2.03. The molecule has 0 saturated carbocycles. The summed E-state index contributed by atoms with van der Waals surface area (Å²) in [5, 5.41) is 18.0. The molecule has 0 atom stereocenters. The maximum absolute atomic E-state index is 9.05. The standard InChI is InChI=1S/C13H13N3O/c1-11(12-5-3-2-4-6-12)14-15-13-7-9-16(17)10-8-13/h2-10,17H,1H3/b14-11-. The van der Waals surface area contributed by atoms with Crippen molar-refractivity contribution in [2.24, 2.45) is 10.2 Å². The average Bonchev–Trinajstić information content (AvgIpc) is 2.39. The Bertz CT molecular complexity index is 565. The monoisotopic (exact) mass is 227 g/mol. The molecular formula is C13H13N3O. The van der Waals surface area contributed by atoms with Crippen LogP contribution >= 0.6 is 0 Å². The molecule has 0 spiro atoms. The molecule has 17 heavy (non-hydrogen) atoms. The van der Waals surface area contributed by atoms with Gasteiger partial charge in [-0.3, -0.25) is 0 Å². The molecule has 2 rings (SSSR count). The second-order valence-corrected chi connectivity index (χ2v) is 3.59. The molecule has 4 nitrogen and oxygen atoms in total. The van der Waals surface area contributed by atoms with Gasteiger partial charge in [0.2, 0.25) is 0 Å². The third-order valence-corrected chi connectivity index (χ3v) is 2.30. The van der Waals surface area contributed by atoms with Gasteiger partial charge in [0.15, 0.2) is 0 Å². The maximum Gasteiger partial charge on any atom is 0.0888 e. The maximum atomic E-state index is 9.05. The lowest BCUT2D eigenvalue weighted by molar-refractivity contribution is 0.184. The Morgan fingerprint density at radius 2 is 1.71 bits per heavy atom. The quantitative estimate of drug-likeness (QED) is 0.476. The van der Waals surface area contributed by atoms with Crippen LogP contribution in [0.5, 0.6) is 0 Å². The van der Waals surface area contributed by atoms with Crippen LogP contribution in [0.3, 0.4) is 0 Å². The van der Waals surface area contributed by atoms with Gasteiger partial charge in [-0.2, -0.15) is 10.2 Å². The van der Waals surface area contributed by atoms with Crippen molar-refractivity contribution in [1.82, 2.24) is 4.73 Å². The van der Waals surface area contributed by atoms with Crippen LogP contribution < -0.4 is 5.36 Å². The summed E-state index contributed by atoms with van der Waals surface area (Å²) >= 11 is 0. The van der Waals surface area contributed by atoms with Gasteiger partial charge in [0.25, 0.3) is 0 Å². The third-order valence-electron chi connectivity index (χ3n) is 2.30. The molecule has 2 aromatic rings. The van der Waals surface area contributed by atoms with Gasteiger partial charge < -0.3 is 5.21 Å². The zero-order valence-corrected chi connectivity index (χ0v) is 9.49. The van der Waals surface area contributed by atoms with Gasteiger partial charge in [-0.15, -0.1) is 0 Å². The van der Waals surface area contributed by atoms with Crippen LogP contribution in [0.25, 0.3) is 0 Å². The first-order valence-electron chi connectivity index (χ1n) is 5.27. The summed E-state index contributed by atoms with van der Waals surface area (Å²) in [7, 11) is 0. The van der Waals surface area contributed by atoms with Gasteiger partial charge in [0, 0.05) is 12.4 Å². The molecule has 1 heterocycles. The van der Waals surface area contributed by atoms with Crippen molar-refractivity contribution in [1.29, 1.82) is 0 Å². The molecule has 4 heteroatoms. The summed E-state index contributed by atoms with van der Waals surface area (Å²) in [6, 6.07) is 13.2. The second-order valence-electron chi connectivity index (χ2n) is 3.59. The minimum absolute atomic E-state index is 0.700. The van der Waals surface area contributed by atoms with E-state index in [4.69, 9.17) is 5.21 Å². The van der Waals surface area contributed by atoms with Crippen LogP contribution in [0.1, 0.15) is 12.5 Å². The van der Waals surface area contributed by atoms with E-state index in [-0.39, 0.29) is 0 Å². The van der Waals surface area contributed by atoms with E-state index < -0.39 is 0 Å². The Kier molecular flexibility index (Phi) is 3.35. The molecule has 0 aliphatic rings. The van der Waals surface area contributed by atoms with Gasteiger partial charge in [-0.05, 0) is 24.6 Å². The normalized spacial score (nSPS) is 11.2. The number of benzene rings is 1. The minimum atomic E-state index is 0.700. The van der Waals surface area contributed by atoms with Crippen molar-refractivity contribution in [2.75, 3.05) is 0 Å². The Hall–Kier alpha value is -2.36. The summed E-state index contributed by atoms with van der Waals surface area (Å²) in [5.74, 6) is 0. The molecule has 1 aromatic carbocycles. The number of nitrogens with zero attached hydrogens (tertiary/aromatic N) is 3. The summed E-state index contributed by atoms with van der Waals surface area (Å²) in [6.07, 6.45) is 3.01. The molecule has 0 aliphatic heterocycles. The molecular weight excluding hydrogens is 214 g/mol. The van der Waals surface area contributed by atoms with Crippen molar-refractivity contribution >= 4 is 5.71 Å². The molecule has 1 aromatic heterocycles. The summed E-state index contributed by atoms with van der Waals surface area (Å²) < 4.78 is 0.965. The van der Waals surface area contributed by atoms with Crippen molar-refractivity contribution in [3.05, 3.63) is 65.8 Å². The molecule has 0 bridgehead atoms. The highest BCUT2D eigenvalue weighted by molar-refractivity contribution is 5.98. The largest absolute Gasteiger partial charge is 0.429 e. The SMILES string of the molecule is C/C(=N/N=c1ccn(O)cc1)c1ccccc1. The van der Waals surface area contributed by atoms with Crippen LogP contribution in [0.2, 0.25) is 0 Å². The molecule has 86 valence electrons. The van der Waals surface area contributed by atoms with E-state index >= 15 is 0 Å². The van der Waals surface area contributed by atoms with E-state index in [1.807, 2.05) is 37.3 Å². The van der Waals surface area contributed by atoms with E-state index in [1.54, 1.807) is 12.1 Å². The number of pyridine rings is 1. The molecule has 0 unspecified atom stereocenters. The van der Waals surface area contributed by atoms with Gasteiger partial charge in [-0.1, -0.05) is 30.3 Å². The van der Waals surface area contributed by atoms with Crippen LogP contribution in [-0.4, -0.2) is 15.6 Å². The van der Waals surface area contributed by atoms with Crippen LogP contribution in [0, 0.1) is 0 Å². The first kappa shape index (κ1) is 11.1. The third kappa shape index (κ3) is 3.04. The number of rotatable bonds is 2. The fourth-order valence-electron chi connectivity index (χ4n) is 1.35. The summed E-state index contributed by atoms with van der Waals surface area (Å²) in [6.45, 7) is 1.91. The Morgan fingerprint density at radius 3 is 2.35 bits per heavy atom. The lowest BCUT2D eigenvalue weighted by Gasteiger charge is -1.96. The van der Waals surface area contributed by atoms with Crippen molar-refractivity contribution in [2.45, 2.75) is 6.92 Å². The fourth-order valence-corrected chi connectivity index (χ4v) is 1.35. The van der Waals surface area contributed by atoms with Gasteiger partial charge in [0.1, 0.15) is 0 Å². The highest BCUT2D eigenvalue weighted by atomic mass is 16.5. The first-order valence-corrected chi connectivity index (χ1v) is 5.27. The molecule has 0 saturated heterocycles. The minimum Gasteiger partial charge on any atom is -0.429 e. The molecule has 1 N–H and O–H groups in total. The predicted molar refractivity (Wildman–Crippen MR) is 65.8 cm³/mol. The molecule has 0 aliphatic carbocycles. The molecule has 0 fully saturated rings. The Morgan fingerprint density at radius 1 is 1.06 bits per heavy atom. The lowest BCUT2D eigenvalue weighted by atomic mass is 10.1. The van der Waals surface area contributed by atoms with E-state index in [2.05, 4.69) is 10.2 Å². The average molecular weight is 227 g/mol. The fraction of sp³-hybridized carbons (Fsp3) is 0.0769. The van der Waals surface area contributed by atoms with Crippen molar-refractivity contribution < 1.29 is 5.21 Å². The van der Waals surface area contributed by atoms with Crippen molar-refractivity contribution in [3.8, 4) is 0 Å². The molecule has 0 amide bonds. The van der Waals surface area contributed by atoms with E-state index in [0.29, 0.717) is 5.36 Å². The van der Waals surface area contributed by atoms with E-state index in [1.165, 1.54) is 12.4 Å². The number of hydrogen-bond acceptors (Lipinski definition) is 3. The van der Waals surface area contributed by atoms with E-state index in [9.17, 15) is 0 Å². The van der Waals surface area contributed by atoms with Crippen LogP contribution in [0.15, 0.2) is 65.1 Å². The predicted octanol–water partition coefficient (Wildman–Crippen LogP) is 2.05. The number of hydrogen-bond donors (Lipinski definition) is 1. The van der Waals surface area contributed by atoms with Gasteiger partial charge in [0.05, 0.1) is 11.1 Å². The Labute approximate surface area is 99.2 Å². The van der Waals surface area contributed by atoms with Gasteiger partial charge >= 0.3 is 0 Å². The highest BCUT2D eigenvalue weighted by Gasteiger charge is 1.93. The summed E-state index contributed by atoms with van der Waals surface area (Å²) in [4.78, 5) is 0. The van der Waals surface area contributed by atoms with E-state index in [0.717, 1.165) is 16.0 Å². The Balaban J connectivity index is 2.26. The highest BCUT2D eigenvalue weighted by Crippen LogP contribution is 2.00.